The van der Waals surface area contributed by atoms with Crippen molar-refractivity contribution in [1.82, 2.24) is 14.7 Å². The number of benzene rings is 2. The topological polar surface area (TPSA) is 68.6 Å². The average molecular weight is 479 g/mol. The van der Waals surface area contributed by atoms with E-state index in [1.807, 2.05) is 25.3 Å². The minimum atomic E-state index is -0.810. The van der Waals surface area contributed by atoms with E-state index in [1.165, 1.54) is 19.2 Å². The zero-order valence-electron chi connectivity index (χ0n) is 20.4. The Morgan fingerprint density at radius 3 is 2.63 bits per heavy atom. The van der Waals surface area contributed by atoms with Gasteiger partial charge < -0.3 is 19.7 Å². The van der Waals surface area contributed by atoms with Gasteiger partial charge in [0.2, 0.25) is 0 Å². The van der Waals surface area contributed by atoms with Crippen molar-refractivity contribution in [2.24, 2.45) is 0 Å². The summed E-state index contributed by atoms with van der Waals surface area (Å²) in [5, 5.41) is 8.05. The van der Waals surface area contributed by atoms with E-state index in [9.17, 15) is 9.18 Å². The van der Waals surface area contributed by atoms with Crippen LogP contribution in [-0.4, -0.2) is 53.4 Å². The third-order valence-corrected chi connectivity index (χ3v) is 7.19. The second-order valence-electron chi connectivity index (χ2n) is 9.72. The molecule has 0 bridgehead atoms. The molecule has 184 valence electrons. The van der Waals surface area contributed by atoms with Gasteiger partial charge in [0.25, 0.3) is 0 Å². The molecule has 3 aromatic rings. The Hall–Kier alpha value is -3.39. The van der Waals surface area contributed by atoms with Crippen molar-refractivity contribution in [3.8, 4) is 22.6 Å². The van der Waals surface area contributed by atoms with E-state index in [0.29, 0.717) is 30.4 Å². The molecule has 1 aromatic heterocycles. The number of rotatable bonds is 5. The molecular formula is C27H31FN4O3. The summed E-state index contributed by atoms with van der Waals surface area (Å²) in [4.78, 5) is 14.7. The third-order valence-electron chi connectivity index (χ3n) is 7.19. The summed E-state index contributed by atoms with van der Waals surface area (Å²) in [5.41, 5.74) is 2.86. The number of likely N-dealkylation sites (tertiary alicyclic amines) is 1. The zero-order chi connectivity index (χ0) is 24.6. The highest BCUT2D eigenvalue weighted by atomic mass is 19.1. The highest BCUT2D eigenvalue weighted by molar-refractivity contribution is 5.87. The molecule has 1 fully saturated rings. The number of carbonyl (C=O) groups excluding carboxylic acids is 1. The molecule has 0 saturated carbocycles. The molecule has 3 heterocycles. The van der Waals surface area contributed by atoms with Gasteiger partial charge in [0.1, 0.15) is 22.9 Å². The average Bonchev–Trinajstić information content (AvgIpc) is 3.35. The summed E-state index contributed by atoms with van der Waals surface area (Å²) in [6, 6.07) is 10.4. The first-order valence-corrected chi connectivity index (χ1v) is 12.1. The standard InChI is InChI=1S/C27H31FN4O3/c1-27(26(33)34-3)13-10-23-24(30-27)9-8-22(25(23)35-21-6-4-19(28)5-7-21)18-16-29-32(17-18)20-11-14-31(2)15-12-20/h4-9,16-17,20,30H,10-15H2,1-3H3/t27-/m0/s1. The van der Waals surface area contributed by atoms with E-state index in [0.717, 1.165) is 48.3 Å². The summed E-state index contributed by atoms with van der Waals surface area (Å²) in [6.45, 7) is 3.96. The van der Waals surface area contributed by atoms with Gasteiger partial charge in [0.15, 0.2) is 0 Å². The number of fused-ring (bicyclic) bond motifs is 1. The Labute approximate surface area is 204 Å². The Morgan fingerprint density at radius 1 is 1.17 bits per heavy atom. The summed E-state index contributed by atoms with van der Waals surface area (Å²) in [7, 11) is 3.55. The molecule has 1 N–H and O–H groups in total. The SMILES string of the molecule is COC(=O)[C@]1(C)CCc2c(ccc(-c3cnn(C4CCN(C)CC4)c3)c2Oc2ccc(F)cc2)N1. The van der Waals surface area contributed by atoms with Crippen LogP contribution < -0.4 is 10.1 Å². The molecule has 0 unspecified atom stereocenters. The number of nitrogens with one attached hydrogen (secondary N) is 1. The van der Waals surface area contributed by atoms with Crippen LogP contribution in [-0.2, 0) is 16.0 Å². The first kappa shape index (κ1) is 23.4. The second kappa shape index (κ2) is 9.34. The van der Waals surface area contributed by atoms with Crippen LogP contribution in [0.25, 0.3) is 11.1 Å². The lowest BCUT2D eigenvalue weighted by molar-refractivity contribution is -0.145. The van der Waals surface area contributed by atoms with Gasteiger partial charge in [-0.05, 0) is 89.1 Å². The van der Waals surface area contributed by atoms with Crippen LogP contribution in [0.4, 0.5) is 10.1 Å². The minimum Gasteiger partial charge on any atom is -0.467 e. The number of hydrogen-bond donors (Lipinski definition) is 1. The van der Waals surface area contributed by atoms with Gasteiger partial charge in [-0.3, -0.25) is 4.68 Å². The first-order chi connectivity index (χ1) is 16.9. The van der Waals surface area contributed by atoms with Crippen molar-refractivity contribution in [1.29, 1.82) is 0 Å². The Balaban J connectivity index is 1.53. The van der Waals surface area contributed by atoms with Gasteiger partial charge >= 0.3 is 5.97 Å². The number of aromatic nitrogens is 2. The maximum Gasteiger partial charge on any atom is 0.331 e. The predicted octanol–water partition coefficient (Wildman–Crippen LogP) is 5.04. The first-order valence-electron chi connectivity index (χ1n) is 12.1. The fourth-order valence-corrected chi connectivity index (χ4v) is 5.01. The second-order valence-corrected chi connectivity index (χ2v) is 9.72. The summed E-state index contributed by atoms with van der Waals surface area (Å²) < 4.78 is 27.0. The molecule has 0 aliphatic carbocycles. The van der Waals surface area contributed by atoms with E-state index in [4.69, 9.17) is 9.47 Å². The summed E-state index contributed by atoms with van der Waals surface area (Å²) in [6.07, 6.45) is 7.29. The van der Waals surface area contributed by atoms with Gasteiger partial charge in [-0.2, -0.15) is 5.10 Å². The molecule has 5 rings (SSSR count). The minimum absolute atomic E-state index is 0.298. The number of methoxy groups -OCH3 is 1. The van der Waals surface area contributed by atoms with Crippen molar-refractivity contribution in [2.45, 2.75) is 44.2 Å². The molecule has 7 nitrogen and oxygen atoms in total. The van der Waals surface area contributed by atoms with Crippen molar-refractivity contribution < 1.29 is 18.7 Å². The molecule has 1 atom stereocenters. The van der Waals surface area contributed by atoms with Crippen LogP contribution in [0.2, 0.25) is 0 Å². The highest BCUT2D eigenvalue weighted by Crippen LogP contribution is 2.44. The van der Waals surface area contributed by atoms with Crippen LogP contribution >= 0.6 is 0 Å². The van der Waals surface area contributed by atoms with E-state index in [-0.39, 0.29) is 11.8 Å². The molecule has 2 aliphatic heterocycles. The monoisotopic (exact) mass is 478 g/mol. The van der Waals surface area contributed by atoms with Crippen LogP contribution in [0.1, 0.15) is 37.8 Å². The molecule has 0 amide bonds. The largest absolute Gasteiger partial charge is 0.467 e. The van der Waals surface area contributed by atoms with Crippen LogP contribution in [0.15, 0.2) is 48.8 Å². The van der Waals surface area contributed by atoms with Gasteiger partial charge in [-0.15, -0.1) is 0 Å². The molecule has 8 heteroatoms. The maximum absolute atomic E-state index is 13.5. The van der Waals surface area contributed by atoms with Gasteiger partial charge in [0.05, 0.1) is 19.3 Å². The molecule has 1 saturated heterocycles. The fourth-order valence-electron chi connectivity index (χ4n) is 5.01. The number of hydrogen-bond acceptors (Lipinski definition) is 6. The molecule has 35 heavy (non-hydrogen) atoms. The van der Waals surface area contributed by atoms with Gasteiger partial charge in [0, 0.05) is 28.6 Å². The third kappa shape index (κ3) is 4.62. The van der Waals surface area contributed by atoms with Crippen LogP contribution in [0.3, 0.4) is 0 Å². The molecule has 0 radical (unpaired) electrons. The van der Waals surface area contributed by atoms with Crippen LogP contribution in [0.5, 0.6) is 11.5 Å². The van der Waals surface area contributed by atoms with Crippen molar-refractivity contribution >= 4 is 11.7 Å². The van der Waals surface area contributed by atoms with E-state index >= 15 is 0 Å². The number of piperidine rings is 1. The molecule has 0 spiro atoms. The van der Waals surface area contributed by atoms with Crippen molar-refractivity contribution in [2.75, 3.05) is 32.6 Å². The fraction of sp³-hybridized carbons (Fsp3) is 0.407. The number of ether oxygens (including phenoxy) is 2. The molecule has 2 aromatic carbocycles. The molecule has 2 aliphatic rings. The number of carbonyl (C=O) groups is 1. The number of nitrogens with zero attached hydrogens (tertiary/aromatic N) is 3. The smallest absolute Gasteiger partial charge is 0.331 e. The lowest BCUT2D eigenvalue weighted by atomic mass is 9.86. The van der Waals surface area contributed by atoms with Crippen molar-refractivity contribution in [3.63, 3.8) is 0 Å². The van der Waals surface area contributed by atoms with Gasteiger partial charge in [-0.25, -0.2) is 9.18 Å². The highest BCUT2D eigenvalue weighted by Gasteiger charge is 2.39. The number of halogens is 1. The lowest BCUT2D eigenvalue weighted by Gasteiger charge is -2.35. The van der Waals surface area contributed by atoms with Crippen LogP contribution in [0, 0.1) is 5.82 Å². The summed E-state index contributed by atoms with van der Waals surface area (Å²) >= 11 is 0. The van der Waals surface area contributed by atoms with Crippen molar-refractivity contribution in [3.05, 3.63) is 60.2 Å². The predicted molar refractivity (Wildman–Crippen MR) is 132 cm³/mol. The Bertz CT molecular complexity index is 1220. The number of esters is 1. The van der Waals surface area contributed by atoms with E-state index in [2.05, 4.69) is 33.2 Å². The Morgan fingerprint density at radius 2 is 1.91 bits per heavy atom. The molecular weight excluding hydrogens is 447 g/mol. The quantitative estimate of drug-likeness (QED) is 0.519. The zero-order valence-corrected chi connectivity index (χ0v) is 20.4. The van der Waals surface area contributed by atoms with E-state index in [1.54, 1.807) is 12.1 Å². The number of anilines is 1. The lowest BCUT2D eigenvalue weighted by Crippen LogP contribution is -2.47. The van der Waals surface area contributed by atoms with E-state index < -0.39 is 5.54 Å². The maximum atomic E-state index is 13.5. The summed E-state index contributed by atoms with van der Waals surface area (Å²) in [5.74, 6) is 0.622. The normalized spacial score (nSPS) is 20.7. The Kier molecular flexibility index (Phi) is 6.23. The van der Waals surface area contributed by atoms with Gasteiger partial charge in [-0.1, -0.05) is 0 Å².